The molecule has 0 amide bonds. The summed E-state index contributed by atoms with van der Waals surface area (Å²) in [7, 11) is 0. The molecule has 5 heteroatoms. The fourth-order valence-corrected chi connectivity index (χ4v) is 1.84. The number of aliphatic hydroxyl groups excluding tert-OH is 1. The minimum absolute atomic E-state index is 0.176. The van der Waals surface area contributed by atoms with Crippen LogP contribution >= 0.6 is 0 Å². The van der Waals surface area contributed by atoms with E-state index in [1.54, 1.807) is 25.1 Å². The second kappa shape index (κ2) is 5.27. The van der Waals surface area contributed by atoms with Gasteiger partial charge in [-0.2, -0.15) is 0 Å². The van der Waals surface area contributed by atoms with Crippen molar-refractivity contribution in [3.63, 3.8) is 0 Å². The molecule has 2 N–H and O–H groups in total. The third-order valence-electron chi connectivity index (χ3n) is 2.95. The number of aliphatic hydroxyl groups is 1. The Morgan fingerprint density at radius 1 is 1.33 bits per heavy atom. The van der Waals surface area contributed by atoms with Gasteiger partial charge < -0.3 is 19.7 Å². The Bertz CT molecular complexity index is 443. The second-order valence-corrected chi connectivity index (χ2v) is 4.39. The van der Waals surface area contributed by atoms with Crippen molar-refractivity contribution in [1.29, 1.82) is 0 Å². The molecule has 0 spiro atoms. The van der Waals surface area contributed by atoms with Gasteiger partial charge in [-0.1, -0.05) is 13.0 Å². The van der Waals surface area contributed by atoms with Gasteiger partial charge in [0.25, 0.3) is 0 Å². The lowest BCUT2D eigenvalue weighted by Crippen LogP contribution is -2.16. The quantitative estimate of drug-likeness (QED) is 0.851. The average Bonchev–Trinajstić information content (AvgIpc) is 2.37. The molecule has 0 aliphatic carbocycles. The van der Waals surface area contributed by atoms with Gasteiger partial charge in [0.05, 0.1) is 12.0 Å². The molecule has 0 fully saturated rings. The van der Waals surface area contributed by atoms with Gasteiger partial charge in [0.15, 0.2) is 11.5 Å². The topological polar surface area (TPSA) is 76.0 Å². The maximum absolute atomic E-state index is 10.7. The third kappa shape index (κ3) is 2.73. The highest BCUT2D eigenvalue weighted by atomic mass is 16.6. The van der Waals surface area contributed by atoms with Crippen molar-refractivity contribution in [2.24, 2.45) is 5.92 Å². The minimum atomic E-state index is -0.911. The number of ether oxygens (including phenoxy) is 2. The molecule has 1 aliphatic rings. The number of aliphatic carboxylic acids is 1. The summed E-state index contributed by atoms with van der Waals surface area (Å²) in [6, 6.07) is 5.17. The van der Waals surface area contributed by atoms with Crippen LogP contribution in [0.25, 0.3) is 0 Å². The van der Waals surface area contributed by atoms with Crippen LogP contribution in [-0.4, -0.2) is 29.4 Å². The van der Waals surface area contributed by atoms with E-state index in [2.05, 4.69) is 0 Å². The second-order valence-electron chi connectivity index (χ2n) is 4.39. The summed E-state index contributed by atoms with van der Waals surface area (Å²) in [5.41, 5.74) is 0.646. The number of carbonyl (C=O) groups is 1. The molecule has 2 atom stereocenters. The highest BCUT2D eigenvalue weighted by Crippen LogP contribution is 2.33. The van der Waals surface area contributed by atoms with Crippen molar-refractivity contribution < 1.29 is 24.5 Å². The first-order valence-corrected chi connectivity index (χ1v) is 5.88. The van der Waals surface area contributed by atoms with Gasteiger partial charge in [0.2, 0.25) is 0 Å². The van der Waals surface area contributed by atoms with E-state index in [-0.39, 0.29) is 6.42 Å². The first-order chi connectivity index (χ1) is 8.58. The molecule has 2 rings (SSSR count). The molecule has 18 heavy (non-hydrogen) atoms. The lowest BCUT2D eigenvalue weighted by Gasteiger charge is -2.20. The monoisotopic (exact) mass is 252 g/mol. The molecule has 0 saturated heterocycles. The molecule has 0 bridgehead atoms. The highest BCUT2D eigenvalue weighted by Gasteiger charge is 2.20. The molecular formula is C13H16O5. The van der Waals surface area contributed by atoms with E-state index in [1.807, 2.05) is 0 Å². The van der Waals surface area contributed by atoms with Gasteiger partial charge >= 0.3 is 5.97 Å². The minimum Gasteiger partial charge on any atom is -0.486 e. The number of carboxylic acid groups (broad SMARTS) is 1. The Morgan fingerprint density at radius 3 is 2.67 bits per heavy atom. The summed E-state index contributed by atoms with van der Waals surface area (Å²) >= 11 is 0. The van der Waals surface area contributed by atoms with Crippen molar-refractivity contribution in [2.75, 3.05) is 13.2 Å². The van der Waals surface area contributed by atoms with Crippen LogP contribution in [0, 0.1) is 5.92 Å². The molecule has 0 saturated carbocycles. The van der Waals surface area contributed by atoms with Crippen LogP contribution < -0.4 is 9.47 Å². The lowest BCUT2D eigenvalue weighted by molar-refractivity contribution is -0.142. The fraction of sp³-hybridized carbons (Fsp3) is 0.462. The van der Waals surface area contributed by atoms with Crippen LogP contribution in [0.15, 0.2) is 18.2 Å². The van der Waals surface area contributed by atoms with Crippen LogP contribution in [0.4, 0.5) is 0 Å². The maximum atomic E-state index is 10.7. The van der Waals surface area contributed by atoms with E-state index in [9.17, 15) is 9.90 Å². The number of benzene rings is 1. The number of fused-ring (bicyclic) bond motifs is 1. The molecule has 0 radical (unpaired) electrons. The zero-order valence-corrected chi connectivity index (χ0v) is 10.1. The summed E-state index contributed by atoms with van der Waals surface area (Å²) in [6.07, 6.45) is -0.637. The van der Waals surface area contributed by atoms with E-state index in [4.69, 9.17) is 14.6 Å². The molecule has 1 aromatic rings. The standard InChI is InChI=1S/C13H16O5/c1-8(13(15)16)6-10(14)9-2-3-11-12(7-9)18-5-4-17-11/h2-3,7-8,10,14H,4-6H2,1H3,(H,15,16). The van der Waals surface area contributed by atoms with Crippen molar-refractivity contribution in [2.45, 2.75) is 19.4 Å². The van der Waals surface area contributed by atoms with Crippen LogP contribution in [0.2, 0.25) is 0 Å². The van der Waals surface area contributed by atoms with Gasteiger partial charge in [-0.25, -0.2) is 0 Å². The van der Waals surface area contributed by atoms with Gasteiger partial charge in [0, 0.05) is 0 Å². The number of hydrogen-bond donors (Lipinski definition) is 2. The van der Waals surface area contributed by atoms with E-state index < -0.39 is 18.0 Å². The zero-order valence-electron chi connectivity index (χ0n) is 10.1. The Kier molecular flexibility index (Phi) is 3.72. The Balaban J connectivity index is 2.11. The first-order valence-electron chi connectivity index (χ1n) is 5.88. The molecule has 0 aromatic heterocycles. The van der Waals surface area contributed by atoms with Crippen molar-refractivity contribution in [3.05, 3.63) is 23.8 Å². The Hall–Kier alpha value is -1.75. The Labute approximate surface area is 105 Å². The smallest absolute Gasteiger partial charge is 0.306 e. The van der Waals surface area contributed by atoms with Gasteiger partial charge in [-0.3, -0.25) is 4.79 Å². The average molecular weight is 252 g/mol. The van der Waals surface area contributed by atoms with Crippen molar-refractivity contribution in [1.82, 2.24) is 0 Å². The van der Waals surface area contributed by atoms with Crippen LogP contribution in [0.5, 0.6) is 11.5 Å². The van der Waals surface area contributed by atoms with Crippen molar-refractivity contribution >= 4 is 5.97 Å². The molecule has 1 aliphatic heterocycles. The lowest BCUT2D eigenvalue weighted by atomic mass is 9.98. The third-order valence-corrected chi connectivity index (χ3v) is 2.95. The van der Waals surface area contributed by atoms with Crippen LogP contribution in [0.1, 0.15) is 25.0 Å². The van der Waals surface area contributed by atoms with Gasteiger partial charge in [-0.15, -0.1) is 0 Å². The number of hydrogen-bond acceptors (Lipinski definition) is 4. The summed E-state index contributed by atoms with van der Waals surface area (Å²) in [5.74, 6) is -0.246. The first kappa shape index (κ1) is 12.7. The van der Waals surface area contributed by atoms with E-state index in [0.29, 0.717) is 30.3 Å². The molecule has 98 valence electrons. The maximum Gasteiger partial charge on any atom is 0.306 e. The van der Waals surface area contributed by atoms with Gasteiger partial charge in [-0.05, 0) is 24.1 Å². The number of rotatable bonds is 4. The molecule has 5 nitrogen and oxygen atoms in total. The fourth-order valence-electron chi connectivity index (χ4n) is 1.84. The van der Waals surface area contributed by atoms with E-state index in [1.165, 1.54) is 0 Å². The van der Waals surface area contributed by atoms with E-state index >= 15 is 0 Å². The van der Waals surface area contributed by atoms with E-state index in [0.717, 1.165) is 0 Å². The Morgan fingerprint density at radius 2 is 2.00 bits per heavy atom. The van der Waals surface area contributed by atoms with Crippen LogP contribution in [0.3, 0.4) is 0 Å². The highest BCUT2D eigenvalue weighted by molar-refractivity contribution is 5.69. The van der Waals surface area contributed by atoms with Crippen LogP contribution in [-0.2, 0) is 4.79 Å². The normalized spacial score (nSPS) is 17.0. The van der Waals surface area contributed by atoms with Crippen molar-refractivity contribution in [3.8, 4) is 11.5 Å². The SMILES string of the molecule is CC(CC(O)c1ccc2c(c1)OCCO2)C(=O)O. The predicted molar refractivity (Wildman–Crippen MR) is 63.8 cm³/mol. The molecule has 2 unspecified atom stereocenters. The molecule has 1 heterocycles. The predicted octanol–water partition coefficient (Wildman–Crippen LogP) is 1.60. The summed E-state index contributed by atoms with van der Waals surface area (Å²) in [4.78, 5) is 10.7. The molecule has 1 aromatic carbocycles. The number of carboxylic acids is 1. The summed E-state index contributed by atoms with van der Waals surface area (Å²) in [6.45, 7) is 2.58. The molecular weight excluding hydrogens is 236 g/mol. The van der Waals surface area contributed by atoms with Gasteiger partial charge in [0.1, 0.15) is 13.2 Å². The summed E-state index contributed by atoms with van der Waals surface area (Å²) in [5, 5.41) is 18.8. The largest absolute Gasteiger partial charge is 0.486 e. The summed E-state index contributed by atoms with van der Waals surface area (Å²) < 4.78 is 10.8. The zero-order chi connectivity index (χ0) is 13.1.